The molecule has 0 aliphatic carbocycles. The molecule has 14 heavy (non-hydrogen) atoms. The van der Waals surface area contributed by atoms with Crippen molar-refractivity contribution in [2.24, 2.45) is 5.41 Å². The highest BCUT2D eigenvalue weighted by atomic mass is 19.1. The van der Waals surface area contributed by atoms with E-state index in [-0.39, 0.29) is 5.41 Å². The van der Waals surface area contributed by atoms with Gasteiger partial charge in [-0.3, -0.25) is 0 Å². The van der Waals surface area contributed by atoms with Crippen LogP contribution in [0.15, 0.2) is 0 Å². The fraction of sp³-hybridized carbons (Fsp3) is 0.909. The van der Waals surface area contributed by atoms with Crippen LogP contribution < -0.4 is 0 Å². The fourth-order valence-corrected chi connectivity index (χ4v) is 1.85. The molecular formula is C11H19FN2. The number of likely N-dealkylation sites (tertiary alicyclic amines) is 1. The van der Waals surface area contributed by atoms with Crippen LogP contribution in [0.25, 0.3) is 0 Å². The van der Waals surface area contributed by atoms with Crippen molar-refractivity contribution in [3.05, 3.63) is 0 Å². The molecule has 0 unspecified atom stereocenters. The minimum absolute atomic E-state index is 0.253. The van der Waals surface area contributed by atoms with Crippen molar-refractivity contribution in [2.75, 3.05) is 19.6 Å². The summed E-state index contributed by atoms with van der Waals surface area (Å²) in [4.78, 5) is 2.25. The highest BCUT2D eigenvalue weighted by Crippen LogP contribution is 2.27. The van der Waals surface area contributed by atoms with Gasteiger partial charge in [0.25, 0.3) is 0 Å². The van der Waals surface area contributed by atoms with Gasteiger partial charge in [-0.1, -0.05) is 20.8 Å². The van der Waals surface area contributed by atoms with Gasteiger partial charge in [0.1, 0.15) is 6.07 Å². The number of rotatable bonds is 1. The minimum Gasteiger partial charge on any atom is -0.303 e. The van der Waals surface area contributed by atoms with Crippen molar-refractivity contribution in [3.8, 4) is 6.07 Å². The number of piperidine rings is 1. The van der Waals surface area contributed by atoms with E-state index in [1.54, 1.807) is 6.07 Å². The van der Waals surface area contributed by atoms with E-state index in [1.807, 2.05) is 0 Å². The molecule has 0 spiro atoms. The predicted molar refractivity (Wildman–Crippen MR) is 54.6 cm³/mol. The summed E-state index contributed by atoms with van der Waals surface area (Å²) < 4.78 is 13.5. The lowest BCUT2D eigenvalue weighted by molar-refractivity contribution is 0.0806. The smallest absolute Gasteiger partial charge is 0.198 e. The maximum atomic E-state index is 13.5. The van der Waals surface area contributed by atoms with Gasteiger partial charge < -0.3 is 4.90 Å². The van der Waals surface area contributed by atoms with Crippen LogP contribution in [0.3, 0.4) is 0 Å². The van der Waals surface area contributed by atoms with Gasteiger partial charge in [-0.2, -0.15) is 5.26 Å². The van der Waals surface area contributed by atoms with E-state index in [1.165, 1.54) is 0 Å². The van der Waals surface area contributed by atoms with Gasteiger partial charge in [0.05, 0.1) is 0 Å². The second-order valence-corrected chi connectivity index (χ2v) is 5.41. The summed E-state index contributed by atoms with van der Waals surface area (Å²) >= 11 is 0. The number of nitrogens with zero attached hydrogens (tertiary/aromatic N) is 2. The first-order valence-electron chi connectivity index (χ1n) is 5.17. The van der Waals surface area contributed by atoms with Crippen molar-refractivity contribution in [3.63, 3.8) is 0 Å². The van der Waals surface area contributed by atoms with Gasteiger partial charge in [-0.15, -0.1) is 0 Å². The molecule has 1 fully saturated rings. The van der Waals surface area contributed by atoms with E-state index in [4.69, 9.17) is 5.26 Å². The Bertz CT molecular complexity index is 229. The van der Waals surface area contributed by atoms with Crippen LogP contribution in [0.5, 0.6) is 0 Å². The highest BCUT2D eigenvalue weighted by molar-refractivity contribution is 5.03. The van der Waals surface area contributed by atoms with E-state index >= 15 is 0 Å². The molecule has 0 amide bonds. The molecule has 0 aromatic rings. The summed E-state index contributed by atoms with van der Waals surface area (Å²) in [7, 11) is 0. The maximum Gasteiger partial charge on any atom is 0.198 e. The second-order valence-electron chi connectivity index (χ2n) is 5.41. The topological polar surface area (TPSA) is 27.0 Å². The van der Waals surface area contributed by atoms with Gasteiger partial charge >= 0.3 is 0 Å². The molecule has 1 saturated heterocycles. The third-order valence-corrected chi connectivity index (χ3v) is 2.55. The summed E-state index contributed by atoms with van der Waals surface area (Å²) in [5.74, 6) is 0. The summed E-state index contributed by atoms with van der Waals surface area (Å²) in [6.07, 6.45) is 0.721. The van der Waals surface area contributed by atoms with E-state index < -0.39 is 5.67 Å². The van der Waals surface area contributed by atoms with Gasteiger partial charge in [-0.25, -0.2) is 4.39 Å². The molecule has 0 radical (unpaired) electrons. The lowest BCUT2D eigenvalue weighted by Crippen LogP contribution is -2.44. The first-order valence-corrected chi connectivity index (χ1v) is 5.17. The average molecular weight is 198 g/mol. The Morgan fingerprint density at radius 3 is 2.21 bits per heavy atom. The van der Waals surface area contributed by atoms with Crippen LogP contribution in [0.2, 0.25) is 0 Å². The quantitative estimate of drug-likeness (QED) is 0.646. The Morgan fingerprint density at radius 1 is 1.36 bits per heavy atom. The van der Waals surface area contributed by atoms with E-state index in [0.29, 0.717) is 25.9 Å². The SMILES string of the molecule is CC(C)(C)CN1CCC(F)(C#N)CC1. The van der Waals surface area contributed by atoms with Gasteiger partial charge in [0, 0.05) is 32.5 Å². The van der Waals surface area contributed by atoms with Crippen LogP contribution in [-0.4, -0.2) is 30.2 Å². The monoisotopic (exact) mass is 198 g/mol. The molecular weight excluding hydrogens is 179 g/mol. The molecule has 2 nitrogen and oxygen atoms in total. The van der Waals surface area contributed by atoms with Crippen molar-refractivity contribution >= 4 is 0 Å². The van der Waals surface area contributed by atoms with Crippen molar-refractivity contribution in [1.82, 2.24) is 4.90 Å². The molecule has 1 aliphatic heterocycles. The third-order valence-electron chi connectivity index (χ3n) is 2.55. The van der Waals surface area contributed by atoms with Crippen LogP contribution in [0.4, 0.5) is 4.39 Å². The Hall–Kier alpha value is -0.620. The summed E-state index contributed by atoms with van der Waals surface area (Å²) in [6, 6.07) is 1.77. The van der Waals surface area contributed by atoms with Crippen molar-refractivity contribution in [2.45, 2.75) is 39.3 Å². The zero-order chi connectivity index (χ0) is 10.8. The van der Waals surface area contributed by atoms with Crippen molar-refractivity contribution in [1.29, 1.82) is 5.26 Å². The van der Waals surface area contributed by atoms with Crippen LogP contribution in [-0.2, 0) is 0 Å². The number of hydrogen-bond acceptors (Lipinski definition) is 2. The van der Waals surface area contributed by atoms with E-state index in [9.17, 15) is 4.39 Å². The van der Waals surface area contributed by atoms with E-state index in [0.717, 1.165) is 6.54 Å². The Morgan fingerprint density at radius 2 is 1.86 bits per heavy atom. The molecule has 1 heterocycles. The molecule has 80 valence electrons. The van der Waals surface area contributed by atoms with Gasteiger partial charge in [-0.05, 0) is 5.41 Å². The zero-order valence-corrected chi connectivity index (χ0v) is 9.31. The number of nitriles is 1. The summed E-state index contributed by atoms with van der Waals surface area (Å²) in [6.45, 7) is 8.93. The minimum atomic E-state index is -1.56. The Balaban J connectivity index is 2.41. The number of alkyl halides is 1. The molecule has 3 heteroatoms. The normalized spacial score (nSPS) is 23.1. The zero-order valence-electron chi connectivity index (χ0n) is 9.31. The number of hydrogen-bond donors (Lipinski definition) is 0. The van der Waals surface area contributed by atoms with Gasteiger partial charge in [0.2, 0.25) is 0 Å². The van der Waals surface area contributed by atoms with Crippen LogP contribution >= 0.6 is 0 Å². The second kappa shape index (κ2) is 3.86. The molecule has 0 N–H and O–H groups in total. The van der Waals surface area contributed by atoms with Crippen LogP contribution in [0.1, 0.15) is 33.6 Å². The maximum absolute atomic E-state index is 13.5. The molecule has 0 aromatic carbocycles. The van der Waals surface area contributed by atoms with Crippen LogP contribution in [0, 0.1) is 16.7 Å². The lowest BCUT2D eigenvalue weighted by Gasteiger charge is -2.36. The number of halogens is 1. The molecule has 0 bridgehead atoms. The highest BCUT2D eigenvalue weighted by Gasteiger charge is 2.35. The third kappa shape index (κ3) is 3.26. The largest absolute Gasteiger partial charge is 0.303 e. The standard InChI is InChI=1S/C11H19FN2/c1-10(2,3)9-14-6-4-11(12,8-13)5-7-14/h4-7,9H2,1-3H3. The Kier molecular flexibility index (Phi) is 3.16. The molecule has 0 saturated carbocycles. The molecule has 1 rings (SSSR count). The van der Waals surface area contributed by atoms with Gasteiger partial charge in [0.15, 0.2) is 5.67 Å². The molecule has 0 aromatic heterocycles. The van der Waals surface area contributed by atoms with Crippen molar-refractivity contribution < 1.29 is 4.39 Å². The predicted octanol–water partition coefficient (Wildman–Crippen LogP) is 2.36. The lowest BCUT2D eigenvalue weighted by atomic mass is 9.91. The first-order chi connectivity index (χ1) is 6.35. The first kappa shape index (κ1) is 11.5. The van der Waals surface area contributed by atoms with E-state index in [2.05, 4.69) is 25.7 Å². The fourth-order valence-electron chi connectivity index (χ4n) is 1.85. The average Bonchev–Trinajstić information content (AvgIpc) is 2.07. The summed E-state index contributed by atoms with van der Waals surface area (Å²) in [5, 5.41) is 8.63. The Labute approximate surface area is 85.7 Å². The summed E-state index contributed by atoms with van der Waals surface area (Å²) in [5.41, 5.74) is -1.31. The molecule has 1 aliphatic rings. The molecule has 0 atom stereocenters.